The summed E-state index contributed by atoms with van der Waals surface area (Å²) in [5, 5.41) is 4.24. The van der Waals surface area contributed by atoms with Gasteiger partial charge in [0.25, 0.3) is 5.91 Å². The number of fused-ring (bicyclic) bond motifs is 1. The molecule has 6 nitrogen and oxygen atoms in total. The lowest BCUT2D eigenvalue weighted by molar-refractivity contribution is 0.0496. The van der Waals surface area contributed by atoms with Crippen molar-refractivity contribution in [3.63, 3.8) is 0 Å². The summed E-state index contributed by atoms with van der Waals surface area (Å²) in [5.74, 6) is 0.0253. The largest absolute Gasteiger partial charge is 0.450 e. The van der Waals surface area contributed by atoms with Crippen LogP contribution in [0, 0.1) is 6.92 Å². The highest BCUT2D eigenvalue weighted by Gasteiger charge is 2.42. The Hall–Kier alpha value is -2.73. The Labute approximate surface area is 181 Å². The summed E-state index contributed by atoms with van der Waals surface area (Å²) in [6.45, 7) is 5.29. The van der Waals surface area contributed by atoms with E-state index in [1.165, 1.54) is 0 Å². The van der Waals surface area contributed by atoms with Crippen molar-refractivity contribution in [2.45, 2.75) is 38.9 Å². The summed E-state index contributed by atoms with van der Waals surface area (Å²) in [4.78, 5) is 29.0. The Kier molecular flexibility index (Phi) is 5.86. The number of halogens is 1. The second-order valence-corrected chi connectivity index (χ2v) is 8.08. The number of rotatable bonds is 4. The predicted molar refractivity (Wildman–Crippen MR) is 117 cm³/mol. The molecule has 0 saturated carbocycles. The lowest BCUT2D eigenvalue weighted by atomic mass is 10.0. The third-order valence-electron chi connectivity index (χ3n) is 5.94. The molecule has 0 unspecified atom stereocenters. The SMILES string of the molecule is CCOC(=O)N1CCC(N2C(=O)c3ccccc3[C@@H]2Nc2cccc(Cl)c2C)CC1. The molecule has 0 radical (unpaired) electrons. The van der Waals surface area contributed by atoms with Crippen LogP contribution in [0.15, 0.2) is 42.5 Å². The Morgan fingerprint density at radius 1 is 1.17 bits per heavy atom. The number of anilines is 1. The van der Waals surface area contributed by atoms with Gasteiger partial charge in [-0.3, -0.25) is 4.79 Å². The summed E-state index contributed by atoms with van der Waals surface area (Å²) in [6, 6.07) is 13.5. The highest BCUT2D eigenvalue weighted by atomic mass is 35.5. The van der Waals surface area contributed by atoms with E-state index in [4.69, 9.17) is 16.3 Å². The smallest absolute Gasteiger partial charge is 0.409 e. The second kappa shape index (κ2) is 8.56. The fourth-order valence-electron chi connectivity index (χ4n) is 4.31. The zero-order valence-electron chi connectivity index (χ0n) is 17.2. The zero-order chi connectivity index (χ0) is 21.3. The summed E-state index contributed by atoms with van der Waals surface area (Å²) < 4.78 is 5.12. The third kappa shape index (κ3) is 3.72. The van der Waals surface area contributed by atoms with Crippen molar-refractivity contribution in [3.05, 3.63) is 64.2 Å². The quantitative estimate of drug-likeness (QED) is 0.758. The van der Waals surface area contributed by atoms with Crippen LogP contribution in [-0.2, 0) is 4.74 Å². The summed E-state index contributed by atoms with van der Waals surface area (Å²) in [7, 11) is 0. The van der Waals surface area contributed by atoms with E-state index in [-0.39, 0.29) is 24.2 Å². The Balaban J connectivity index is 1.59. The fraction of sp³-hybridized carbons (Fsp3) is 0.391. The average molecular weight is 428 g/mol. The molecule has 2 aromatic rings. The van der Waals surface area contributed by atoms with Gasteiger partial charge in [0.1, 0.15) is 6.17 Å². The number of hydrogen-bond acceptors (Lipinski definition) is 4. The van der Waals surface area contributed by atoms with Gasteiger partial charge in [-0.05, 0) is 50.5 Å². The first kappa shape index (κ1) is 20.5. The second-order valence-electron chi connectivity index (χ2n) is 7.68. The fourth-order valence-corrected chi connectivity index (χ4v) is 4.49. The van der Waals surface area contributed by atoms with Crippen molar-refractivity contribution in [2.24, 2.45) is 0 Å². The lowest BCUT2D eigenvalue weighted by Crippen LogP contribution is -2.49. The molecule has 1 atom stereocenters. The van der Waals surface area contributed by atoms with Gasteiger partial charge in [0, 0.05) is 41.0 Å². The topological polar surface area (TPSA) is 61.9 Å². The molecule has 2 aromatic carbocycles. The van der Waals surface area contributed by atoms with E-state index in [0.717, 1.165) is 22.4 Å². The molecule has 2 aliphatic rings. The van der Waals surface area contributed by atoms with Gasteiger partial charge in [0.05, 0.1) is 6.61 Å². The molecule has 2 amide bonds. The first-order valence-electron chi connectivity index (χ1n) is 10.4. The van der Waals surface area contributed by atoms with Gasteiger partial charge in [0.2, 0.25) is 0 Å². The van der Waals surface area contributed by atoms with Crippen LogP contribution in [0.3, 0.4) is 0 Å². The van der Waals surface area contributed by atoms with E-state index < -0.39 is 0 Å². The molecule has 0 bridgehead atoms. The van der Waals surface area contributed by atoms with E-state index >= 15 is 0 Å². The standard InChI is InChI=1S/C23H26ClN3O3/c1-3-30-23(29)26-13-11-16(12-14-26)27-21(17-7-4-5-8-18(17)22(27)28)25-20-10-6-9-19(24)15(20)2/h4-10,16,21,25H,3,11-14H2,1-2H3/t21-/m1/s1. The first-order valence-corrected chi connectivity index (χ1v) is 10.7. The molecule has 2 heterocycles. The number of carbonyl (C=O) groups is 2. The molecule has 30 heavy (non-hydrogen) atoms. The van der Waals surface area contributed by atoms with Crippen LogP contribution in [0.2, 0.25) is 5.02 Å². The highest BCUT2D eigenvalue weighted by Crippen LogP contribution is 2.39. The van der Waals surface area contributed by atoms with E-state index in [1.54, 1.807) is 11.8 Å². The van der Waals surface area contributed by atoms with E-state index in [1.807, 2.05) is 54.3 Å². The van der Waals surface area contributed by atoms with Crippen molar-refractivity contribution in [2.75, 3.05) is 25.0 Å². The van der Waals surface area contributed by atoms with Gasteiger partial charge >= 0.3 is 6.09 Å². The van der Waals surface area contributed by atoms with Gasteiger partial charge < -0.3 is 19.9 Å². The summed E-state index contributed by atoms with van der Waals surface area (Å²) in [6.07, 6.45) is 0.873. The zero-order valence-corrected chi connectivity index (χ0v) is 18.0. The minimum Gasteiger partial charge on any atom is -0.450 e. The predicted octanol–water partition coefficient (Wildman–Crippen LogP) is 4.84. The number of likely N-dealkylation sites (tertiary alicyclic amines) is 1. The van der Waals surface area contributed by atoms with Gasteiger partial charge in [-0.15, -0.1) is 0 Å². The number of hydrogen-bond donors (Lipinski definition) is 1. The first-order chi connectivity index (χ1) is 14.5. The van der Waals surface area contributed by atoms with Crippen molar-refractivity contribution < 1.29 is 14.3 Å². The van der Waals surface area contributed by atoms with Crippen LogP contribution in [0.4, 0.5) is 10.5 Å². The van der Waals surface area contributed by atoms with Crippen LogP contribution in [-0.4, -0.2) is 47.5 Å². The lowest BCUT2D eigenvalue weighted by Gasteiger charge is -2.39. The molecule has 1 fully saturated rings. The molecule has 0 spiro atoms. The molecular weight excluding hydrogens is 402 g/mol. The average Bonchev–Trinajstić information content (AvgIpc) is 3.03. The third-order valence-corrected chi connectivity index (χ3v) is 6.35. The Morgan fingerprint density at radius 3 is 2.63 bits per heavy atom. The molecule has 0 aliphatic carbocycles. The van der Waals surface area contributed by atoms with Crippen molar-refractivity contribution in [1.29, 1.82) is 0 Å². The molecule has 1 saturated heterocycles. The molecule has 7 heteroatoms. The van der Waals surface area contributed by atoms with Gasteiger partial charge in [0.15, 0.2) is 0 Å². The van der Waals surface area contributed by atoms with E-state index in [9.17, 15) is 9.59 Å². The highest BCUT2D eigenvalue weighted by molar-refractivity contribution is 6.31. The minimum absolute atomic E-state index is 0.0253. The summed E-state index contributed by atoms with van der Waals surface area (Å²) in [5.41, 5.74) is 3.55. The molecule has 1 N–H and O–H groups in total. The number of amides is 2. The maximum Gasteiger partial charge on any atom is 0.409 e. The minimum atomic E-state index is -0.281. The summed E-state index contributed by atoms with van der Waals surface area (Å²) >= 11 is 6.31. The van der Waals surface area contributed by atoms with E-state index in [0.29, 0.717) is 37.6 Å². The molecular formula is C23H26ClN3O3. The van der Waals surface area contributed by atoms with Gasteiger partial charge in [-0.2, -0.15) is 0 Å². The van der Waals surface area contributed by atoms with Gasteiger partial charge in [-0.1, -0.05) is 35.9 Å². The maximum atomic E-state index is 13.3. The number of ether oxygens (including phenoxy) is 1. The van der Waals surface area contributed by atoms with Crippen molar-refractivity contribution >= 4 is 29.3 Å². The Morgan fingerprint density at radius 2 is 1.90 bits per heavy atom. The van der Waals surface area contributed by atoms with Crippen LogP contribution in [0.1, 0.15) is 47.4 Å². The molecule has 158 valence electrons. The molecule has 0 aromatic heterocycles. The van der Waals surface area contributed by atoms with E-state index in [2.05, 4.69) is 5.32 Å². The number of piperidine rings is 1. The van der Waals surface area contributed by atoms with Gasteiger partial charge in [-0.25, -0.2) is 4.79 Å². The normalized spacial score (nSPS) is 19.0. The van der Waals surface area contributed by atoms with Crippen molar-refractivity contribution in [3.8, 4) is 0 Å². The van der Waals surface area contributed by atoms with Crippen LogP contribution < -0.4 is 5.32 Å². The van der Waals surface area contributed by atoms with Crippen LogP contribution in [0.25, 0.3) is 0 Å². The molecule has 2 aliphatic heterocycles. The molecule has 4 rings (SSSR count). The monoisotopic (exact) mass is 427 g/mol. The van der Waals surface area contributed by atoms with Crippen LogP contribution in [0.5, 0.6) is 0 Å². The Bertz CT molecular complexity index is 956. The number of nitrogens with one attached hydrogen (secondary N) is 1. The number of carbonyl (C=O) groups excluding carboxylic acids is 2. The number of benzene rings is 2. The van der Waals surface area contributed by atoms with Crippen LogP contribution >= 0.6 is 11.6 Å². The number of nitrogens with zero attached hydrogens (tertiary/aromatic N) is 2. The maximum absolute atomic E-state index is 13.3. The van der Waals surface area contributed by atoms with Crippen molar-refractivity contribution in [1.82, 2.24) is 9.80 Å².